The number of nitrogen functional groups attached to an aromatic ring is 2. The van der Waals surface area contributed by atoms with Gasteiger partial charge in [-0.25, -0.2) is 0 Å². The fraction of sp³-hybridized carbons (Fsp3) is 0. The first kappa shape index (κ1) is 25.4. The Morgan fingerprint density at radius 2 is 1.19 bits per heavy atom. The first-order valence-electron chi connectivity index (χ1n) is 12.9. The first-order valence-corrected chi connectivity index (χ1v) is 13.7. The van der Waals surface area contributed by atoms with Crippen LogP contribution in [-0.2, 0) is 0 Å². The summed E-state index contributed by atoms with van der Waals surface area (Å²) in [4.78, 5) is 23.7. The Kier molecular flexibility index (Phi) is 5.73. The lowest BCUT2D eigenvalue weighted by atomic mass is 9.92. The molecule has 9 nitrogen and oxygen atoms in total. The average molecular weight is 572 g/mol. The van der Waals surface area contributed by atoms with Crippen LogP contribution < -0.4 is 16.8 Å². The lowest BCUT2D eigenvalue weighted by molar-refractivity contribution is -0.384. The van der Waals surface area contributed by atoms with Gasteiger partial charge in [0.1, 0.15) is 0 Å². The van der Waals surface area contributed by atoms with Gasteiger partial charge in [0.2, 0.25) is 0 Å². The highest BCUT2D eigenvalue weighted by Crippen LogP contribution is 2.53. The molecule has 0 atom stereocenters. The van der Waals surface area contributed by atoms with E-state index in [2.05, 4.69) is 11.4 Å². The summed E-state index contributed by atoms with van der Waals surface area (Å²) < 4.78 is 0. The molecule has 0 aromatic heterocycles. The summed E-state index contributed by atoms with van der Waals surface area (Å²) in [5.41, 5.74) is 19.5. The summed E-state index contributed by atoms with van der Waals surface area (Å²) in [5.74, 6) is 0. The monoisotopic (exact) mass is 571 g/mol. The number of non-ortho nitro benzene ring substituents is 2. The molecule has 0 spiro atoms. The van der Waals surface area contributed by atoms with Crippen molar-refractivity contribution >= 4 is 67.4 Å². The van der Waals surface area contributed by atoms with Crippen molar-refractivity contribution in [3.63, 3.8) is 0 Å². The zero-order chi connectivity index (χ0) is 29.1. The van der Waals surface area contributed by atoms with Gasteiger partial charge in [0.25, 0.3) is 11.4 Å². The van der Waals surface area contributed by atoms with Gasteiger partial charge in [-0.1, -0.05) is 36.0 Å². The zero-order valence-electron chi connectivity index (χ0n) is 21.8. The highest BCUT2D eigenvalue weighted by molar-refractivity contribution is 7.99. The van der Waals surface area contributed by atoms with E-state index in [0.29, 0.717) is 11.4 Å². The molecule has 7 rings (SSSR count). The summed E-state index contributed by atoms with van der Waals surface area (Å²) >= 11 is 1.59. The van der Waals surface area contributed by atoms with Crippen LogP contribution in [0.5, 0.6) is 0 Å². The second kappa shape index (κ2) is 9.50. The molecule has 1 heterocycles. The molecule has 0 radical (unpaired) electrons. The maximum Gasteiger partial charge on any atom is 0.270 e. The van der Waals surface area contributed by atoms with Crippen LogP contribution in [0.25, 0.3) is 43.8 Å². The molecule has 0 amide bonds. The van der Waals surface area contributed by atoms with Crippen LogP contribution in [0.15, 0.2) is 107 Å². The van der Waals surface area contributed by atoms with Gasteiger partial charge >= 0.3 is 0 Å². The van der Waals surface area contributed by atoms with Gasteiger partial charge in [-0.2, -0.15) is 0 Å². The van der Waals surface area contributed by atoms with E-state index in [4.69, 9.17) is 11.5 Å². The van der Waals surface area contributed by atoms with Crippen molar-refractivity contribution in [3.05, 3.63) is 117 Å². The summed E-state index contributed by atoms with van der Waals surface area (Å²) in [6.45, 7) is 0. The predicted molar refractivity (Wildman–Crippen MR) is 168 cm³/mol. The third-order valence-electron chi connectivity index (χ3n) is 7.49. The molecule has 0 unspecified atom stereocenters. The Morgan fingerprint density at radius 3 is 1.83 bits per heavy atom. The van der Waals surface area contributed by atoms with Crippen LogP contribution in [-0.4, -0.2) is 9.85 Å². The smallest absolute Gasteiger partial charge is 0.270 e. The van der Waals surface area contributed by atoms with Crippen molar-refractivity contribution in [3.8, 4) is 22.3 Å². The molecule has 0 saturated carbocycles. The van der Waals surface area contributed by atoms with Crippen molar-refractivity contribution in [1.82, 2.24) is 0 Å². The number of nitrogens with one attached hydrogen (secondary N) is 1. The Bertz CT molecular complexity index is 2150. The topological polar surface area (TPSA) is 150 Å². The molecule has 0 bridgehead atoms. The quantitative estimate of drug-likeness (QED) is 0.108. The van der Waals surface area contributed by atoms with Crippen molar-refractivity contribution in [2.75, 3.05) is 16.8 Å². The maximum atomic E-state index is 11.3. The Balaban J connectivity index is 1.44. The van der Waals surface area contributed by atoms with Gasteiger partial charge < -0.3 is 16.8 Å². The first-order chi connectivity index (χ1) is 20.2. The summed E-state index contributed by atoms with van der Waals surface area (Å²) in [5, 5.41) is 29.3. The number of nitrogens with two attached hydrogens (primary N) is 2. The lowest BCUT2D eigenvalue weighted by Crippen LogP contribution is -2.06. The molecular weight excluding hydrogens is 550 g/mol. The van der Waals surface area contributed by atoms with Crippen molar-refractivity contribution in [2.24, 2.45) is 0 Å². The van der Waals surface area contributed by atoms with Gasteiger partial charge in [-0.3, -0.25) is 20.2 Å². The highest BCUT2D eigenvalue weighted by Gasteiger charge is 2.25. The van der Waals surface area contributed by atoms with Crippen LogP contribution in [0.1, 0.15) is 0 Å². The van der Waals surface area contributed by atoms with E-state index < -0.39 is 9.85 Å². The normalized spacial score (nSPS) is 12.0. The second-order valence-corrected chi connectivity index (χ2v) is 11.2. The molecule has 6 aromatic rings. The van der Waals surface area contributed by atoms with Crippen LogP contribution in [0.4, 0.5) is 34.1 Å². The molecule has 0 fully saturated rings. The van der Waals surface area contributed by atoms with Crippen molar-refractivity contribution in [1.29, 1.82) is 0 Å². The number of rotatable bonds is 4. The average Bonchev–Trinajstić information content (AvgIpc) is 2.98. The molecule has 204 valence electrons. The van der Waals surface area contributed by atoms with Crippen LogP contribution in [0, 0.1) is 20.2 Å². The summed E-state index contributed by atoms with van der Waals surface area (Å²) in [6, 6.07) is 28.9. The fourth-order valence-electron chi connectivity index (χ4n) is 5.41. The minimum atomic E-state index is -0.405. The zero-order valence-corrected chi connectivity index (χ0v) is 22.6. The third kappa shape index (κ3) is 4.21. The minimum Gasteiger partial charge on any atom is -0.399 e. The van der Waals surface area contributed by atoms with Crippen LogP contribution in [0.3, 0.4) is 0 Å². The SMILES string of the molecule is Nc1ccc2c(c1)Sc1cc(-c3ccc4cc([N+](=O)[O-])ccc4c3)c(N)c(-c3ccc4cc([N+](=O)[O-])ccc4c3)c1N2. The number of benzene rings is 6. The number of anilines is 4. The van der Waals surface area contributed by atoms with Gasteiger partial charge in [-0.15, -0.1) is 0 Å². The molecule has 10 heteroatoms. The molecule has 1 aliphatic rings. The van der Waals surface area contributed by atoms with E-state index in [-0.39, 0.29) is 11.4 Å². The van der Waals surface area contributed by atoms with E-state index in [1.165, 1.54) is 12.1 Å². The molecule has 0 aliphatic carbocycles. The Hall–Kier alpha value is -5.61. The number of hydrogen-bond donors (Lipinski definition) is 3. The predicted octanol–water partition coefficient (Wildman–Crippen LogP) is 8.52. The van der Waals surface area contributed by atoms with E-state index in [1.54, 1.807) is 36.0 Å². The molecular formula is C32H21N5O4S. The van der Waals surface area contributed by atoms with Gasteiger partial charge in [0, 0.05) is 56.6 Å². The lowest BCUT2D eigenvalue weighted by Gasteiger charge is -2.27. The van der Waals surface area contributed by atoms with Crippen LogP contribution >= 0.6 is 11.8 Å². The Labute approximate surface area is 243 Å². The second-order valence-electron chi connectivity index (χ2n) is 10.1. The van der Waals surface area contributed by atoms with E-state index >= 15 is 0 Å². The molecule has 42 heavy (non-hydrogen) atoms. The number of nitro groups is 2. The molecule has 1 aliphatic heterocycles. The number of fused-ring (bicyclic) bond motifs is 4. The van der Waals surface area contributed by atoms with E-state index in [9.17, 15) is 20.2 Å². The fourth-order valence-corrected chi connectivity index (χ4v) is 6.51. The maximum absolute atomic E-state index is 11.3. The Morgan fingerprint density at radius 1 is 0.619 bits per heavy atom. The van der Waals surface area contributed by atoms with Gasteiger partial charge in [0.05, 0.1) is 21.2 Å². The van der Waals surface area contributed by atoms with Gasteiger partial charge in [-0.05, 0) is 81.2 Å². The third-order valence-corrected chi connectivity index (χ3v) is 8.59. The minimum absolute atomic E-state index is 0.0322. The van der Waals surface area contributed by atoms with Gasteiger partial charge in [0.15, 0.2) is 0 Å². The van der Waals surface area contributed by atoms with Crippen molar-refractivity contribution < 1.29 is 9.85 Å². The largest absolute Gasteiger partial charge is 0.399 e. The standard InChI is InChI=1S/C32H21N5O4S/c33-23-7-10-27-28(15-23)42-29-16-26(21-3-1-19-13-24(36(38)39)8-5-17(19)11-21)31(34)30(32(29)35-27)22-4-2-20-14-25(37(40)41)9-6-18(20)12-22/h1-16,35H,33-34H2. The number of hydrogen-bond acceptors (Lipinski definition) is 8. The highest BCUT2D eigenvalue weighted by atomic mass is 32.2. The van der Waals surface area contributed by atoms with Crippen LogP contribution in [0.2, 0.25) is 0 Å². The van der Waals surface area contributed by atoms with E-state index in [0.717, 1.165) is 65.0 Å². The number of nitrogens with zero attached hydrogens (tertiary/aromatic N) is 2. The molecule has 0 saturated heterocycles. The molecule has 6 aromatic carbocycles. The summed E-state index contributed by atoms with van der Waals surface area (Å²) in [6.07, 6.45) is 0. The van der Waals surface area contributed by atoms with Crippen molar-refractivity contribution in [2.45, 2.75) is 9.79 Å². The molecule has 5 N–H and O–H groups in total. The van der Waals surface area contributed by atoms with E-state index in [1.807, 2.05) is 54.6 Å². The number of nitro benzene ring substituents is 2. The summed E-state index contributed by atoms with van der Waals surface area (Å²) in [7, 11) is 0.